The number of amides is 2. The lowest BCUT2D eigenvalue weighted by atomic mass is 10.1. The first-order chi connectivity index (χ1) is 10.0. The third-order valence-corrected chi connectivity index (χ3v) is 5.65. The number of carboxylic acids is 1. The van der Waals surface area contributed by atoms with Gasteiger partial charge in [0, 0.05) is 11.8 Å². The Morgan fingerprint density at radius 2 is 2.10 bits per heavy atom. The number of urea groups is 1. The minimum Gasteiger partial charge on any atom is -0.480 e. The Balaban J connectivity index is 1.91. The lowest BCUT2D eigenvalue weighted by Crippen LogP contribution is -2.52. The molecule has 0 bridgehead atoms. The summed E-state index contributed by atoms with van der Waals surface area (Å²) in [4.78, 5) is 25.4. The van der Waals surface area contributed by atoms with E-state index in [0.717, 1.165) is 32.1 Å². The number of carbonyl (C=O) groups is 2. The second-order valence-corrected chi connectivity index (χ2v) is 7.32. The molecule has 2 aliphatic rings. The summed E-state index contributed by atoms with van der Waals surface area (Å²) in [5.74, 6) is 0.105. The number of unbranched alkanes of at least 4 members (excludes halogenated alkanes) is 2. The van der Waals surface area contributed by atoms with Gasteiger partial charge in [-0.25, -0.2) is 9.59 Å². The topological polar surface area (TPSA) is 69.6 Å². The average molecular weight is 314 g/mol. The smallest absolute Gasteiger partial charge is 0.327 e. The van der Waals surface area contributed by atoms with Crippen molar-refractivity contribution in [1.29, 1.82) is 0 Å². The molecular weight excluding hydrogens is 288 g/mol. The van der Waals surface area contributed by atoms with Gasteiger partial charge in [-0.2, -0.15) is 0 Å². The summed E-state index contributed by atoms with van der Waals surface area (Å²) in [6.45, 7) is 4.15. The van der Waals surface area contributed by atoms with E-state index in [4.69, 9.17) is 0 Å². The zero-order valence-electron chi connectivity index (χ0n) is 12.9. The van der Waals surface area contributed by atoms with E-state index in [1.54, 1.807) is 16.7 Å². The van der Waals surface area contributed by atoms with Crippen LogP contribution in [0.25, 0.3) is 0 Å². The third kappa shape index (κ3) is 4.28. The van der Waals surface area contributed by atoms with Crippen molar-refractivity contribution >= 4 is 23.8 Å². The fourth-order valence-electron chi connectivity index (χ4n) is 2.78. The molecule has 1 aliphatic heterocycles. The van der Waals surface area contributed by atoms with E-state index in [0.29, 0.717) is 11.7 Å². The van der Waals surface area contributed by atoms with Crippen LogP contribution >= 0.6 is 11.8 Å². The maximum absolute atomic E-state index is 12.5. The van der Waals surface area contributed by atoms with Crippen molar-refractivity contribution in [1.82, 2.24) is 10.2 Å². The van der Waals surface area contributed by atoms with Crippen molar-refractivity contribution in [3.8, 4) is 0 Å². The molecule has 1 saturated carbocycles. The Bertz CT molecular complexity index is 387. The van der Waals surface area contributed by atoms with Crippen LogP contribution in [-0.2, 0) is 4.79 Å². The molecule has 1 saturated heterocycles. The summed E-state index contributed by atoms with van der Waals surface area (Å²) in [6.07, 6.45) is 6.60. The first kappa shape index (κ1) is 16.5. The van der Waals surface area contributed by atoms with Crippen LogP contribution in [0.4, 0.5) is 4.79 Å². The van der Waals surface area contributed by atoms with Gasteiger partial charge >= 0.3 is 12.0 Å². The fourth-order valence-corrected chi connectivity index (χ4v) is 4.41. The molecule has 1 heterocycles. The highest BCUT2D eigenvalue weighted by Gasteiger charge is 2.48. The summed E-state index contributed by atoms with van der Waals surface area (Å²) in [7, 11) is 0. The first-order valence-electron chi connectivity index (χ1n) is 7.97. The van der Waals surface area contributed by atoms with Crippen LogP contribution in [0.1, 0.15) is 52.4 Å². The number of rotatable bonds is 7. The zero-order chi connectivity index (χ0) is 15.4. The molecule has 21 heavy (non-hydrogen) atoms. The van der Waals surface area contributed by atoms with Gasteiger partial charge in [0.1, 0.15) is 6.04 Å². The summed E-state index contributed by atoms with van der Waals surface area (Å²) in [6, 6.07) is -0.777. The predicted octanol–water partition coefficient (Wildman–Crippen LogP) is 2.90. The van der Waals surface area contributed by atoms with Gasteiger partial charge in [0.2, 0.25) is 0 Å². The highest BCUT2D eigenvalue weighted by molar-refractivity contribution is 8.00. The van der Waals surface area contributed by atoms with E-state index in [-0.39, 0.29) is 17.4 Å². The number of thioether (sulfide) groups is 1. The van der Waals surface area contributed by atoms with Crippen molar-refractivity contribution in [3.63, 3.8) is 0 Å². The van der Waals surface area contributed by atoms with Crippen molar-refractivity contribution < 1.29 is 14.7 Å². The highest BCUT2D eigenvalue weighted by Crippen LogP contribution is 2.45. The number of carboxylic acid groups (broad SMARTS) is 1. The van der Waals surface area contributed by atoms with Gasteiger partial charge in [-0.15, -0.1) is 11.8 Å². The van der Waals surface area contributed by atoms with Gasteiger partial charge in [0.15, 0.2) is 0 Å². The second kappa shape index (κ2) is 7.38. The molecule has 0 aromatic heterocycles. The Morgan fingerprint density at radius 1 is 1.38 bits per heavy atom. The van der Waals surface area contributed by atoms with Crippen LogP contribution in [0.5, 0.6) is 0 Å². The molecule has 3 unspecified atom stereocenters. The maximum Gasteiger partial charge on any atom is 0.327 e. The number of aliphatic carboxylic acids is 1. The van der Waals surface area contributed by atoms with E-state index in [1.807, 2.05) is 6.92 Å². The monoisotopic (exact) mass is 314 g/mol. The second-order valence-electron chi connectivity index (χ2n) is 6.17. The fraction of sp³-hybridized carbons (Fsp3) is 0.867. The minimum absolute atomic E-state index is 0.0499. The normalized spacial score (nSPS) is 26.7. The molecule has 1 aliphatic carbocycles. The molecule has 0 aromatic rings. The van der Waals surface area contributed by atoms with E-state index in [1.165, 1.54) is 6.42 Å². The average Bonchev–Trinajstić information content (AvgIpc) is 3.16. The Labute approximate surface area is 130 Å². The number of nitrogens with zero attached hydrogens (tertiary/aromatic N) is 1. The van der Waals surface area contributed by atoms with Gasteiger partial charge in [-0.05, 0) is 32.1 Å². The molecule has 3 atom stereocenters. The van der Waals surface area contributed by atoms with Crippen LogP contribution in [0.2, 0.25) is 0 Å². The maximum atomic E-state index is 12.5. The Hall–Kier alpha value is -0.910. The molecule has 0 radical (unpaired) electrons. The van der Waals surface area contributed by atoms with Gasteiger partial charge in [-0.3, -0.25) is 4.90 Å². The molecule has 5 nitrogen and oxygen atoms in total. The zero-order valence-corrected chi connectivity index (χ0v) is 13.7. The Kier molecular flexibility index (Phi) is 5.79. The van der Waals surface area contributed by atoms with Crippen LogP contribution in [0.15, 0.2) is 0 Å². The van der Waals surface area contributed by atoms with E-state index >= 15 is 0 Å². The summed E-state index contributed by atoms with van der Waals surface area (Å²) >= 11 is 1.62. The molecule has 2 amide bonds. The predicted molar refractivity (Wildman–Crippen MR) is 84.4 cm³/mol. The van der Waals surface area contributed by atoms with Crippen molar-refractivity contribution in [2.45, 2.75) is 69.8 Å². The van der Waals surface area contributed by atoms with Gasteiger partial charge < -0.3 is 10.4 Å². The molecule has 0 spiro atoms. The lowest BCUT2D eigenvalue weighted by molar-refractivity contribution is -0.141. The largest absolute Gasteiger partial charge is 0.480 e. The molecule has 6 heteroatoms. The molecule has 120 valence electrons. The third-order valence-electron chi connectivity index (χ3n) is 4.19. The van der Waals surface area contributed by atoms with Gasteiger partial charge in [0.05, 0.1) is 5.37 Å². The standard InChI is InChI=1S/C15H26N2O3S/c1-3-4-5-6-10(2)16-15(20)17-12(14(18)19)9-21-13(17)11-7-8-11/h10-13H,3-9H2,1-2H3,(H,16,20)(H,18,19). The summed E-state index contributed by atoms with van der Waals surface area (Å²) in [5, 5.41) is 12.4. The minimum atomic E-state index is -0.889. The van der Waals surface area contributed by atoms with Crippen LogP contribution in [0.3, 0.4) is 0 Å². The first-order valence-corrected chi connectivity index (χ1v) is 9.02. The molecular formula is C15H26N2O3S. The molecule has 2 fully saturated rings. The summed E-state index contributed by atoms with van der Waals surface area (Å²) in [5.41, 5.74) is 0. The Morgan fingerprint density at radius 3 is 2.67 bits per heavy atom. The number of hydrogen-bond donors (Lipinski definition) is 2. The van der Waals surface area contributed by atoms with Crippen molar-refractivity contribution in [2.24, 2.45) is 5.92 Å². The van der Waals surface area contributed by atoms with Crippen LogP contribution < -0.4 is 5.32 Å². The van der Waals surface area contributed by atoms with Gasteiger partial charge in [0.25, 0.3) is 0 Å². The number of nitrogens with one attached hydrogen (secondary N) is 1. The van der Waals surface area contributed by atoms with Crippen LogP contribution in [-0.4, -0.2) is 45.2 Å². The number of hydrogen-bond acceptors (Lipinski definition) is 3. The molecule has 2 rings (SSSR count). The van der Waals surface area contributed by atoms with E-state index in [2.05, 4.69) is 12.2 Å². The highest BCUT2D eigenvalue weighted by atomic mass is 32.2. The number of carbonyl (C=O) groups excluding carboxylic acids is 1. The molecule has 2 N–H and O–H groups in total. The van der Waals surface area contributed by atoms with Crippen molar-refractivity contribution in [3.05, 3.63) is 0 Å². The van der Waals surface area contributed by atoms with E-state index in [9.17, 15) is 14.7 Å². The quantitative estimate of drug-likeness (QED) is 0.709. The molecule has 0 aromatic carbocycles. The summed E-state index contributed by atoms with van der Waals surface area (Å²) < 4.78 is 0. The lowest BCUT2D eigenvalue weighted by Gasteiger charge is -2.29. The SMILES string of the molecule is CCCCCC(C)NC(=O)N1C(C(=O)O)CSC1C1CC1. The van der Waals surface area contributed by atoms with Gasteiger partial charge in [-0.1, -0.05) is 26.2 Å². The van der Waals surface area contributed by atoms with Crippen molar-refractivity contribution in [2.75, 3.05) is 5.75 Å². The van der Waals surface area contributed by atoms with E-state index < -0.39 is 12.0 Å². The van der Waals surface area contributed by atoms with Crippen LogP contribution in [0, 0.1) is 5.92 Å².